The van der Waals surface area contributed by atoms with Crippen molar-refractivity contribution in [1.82, 2.24) is 4.98 Å². The van der Waals surface area contributed by atoms with E-state index >= 15 is 0 Å². The lowest BCUT2D eigenvalue weighted by atomic mass is 10.2. The molecule has 0 saturated carbocycles. The molecule has 0 atom stereocenters. The van der Waals surface area contributed by atoms with Crippen molar-refractivity contribution >= 4 is 17.7 Å². The zero-order valence-electron chi connectivity index (χ0n) is 15.3. The topological polar surface area (TPSA) is 89.7 Å². The second kappa shape index (κ2) is 9.03. The Labute approximate surface area is 169 Å². The number of anilines is 1. The first-order valence-electron chi connectivity index (χ1n) is 8.60. The quantitative estimate of drug-likeness (QED) is 0.331. The van der Waals surface area contributed by atoms with E-state index in [9.17, 15) is 23.3 Å². The third-order valence-electron chi connectivity index (χ3n) is 3.93. The predicted molar refractivity (Wildman–Crippen MR) is 104 cm³/mol. The SMILES string of the molecule is O=[N+]([O-])c1ccc(COc2ccccc2/C=N\Nc2ccc(C(F)(F)F)cn2)cc1. The number of nitro groups is 1. The van der Waals surface area contributed by atoms with Crippen molar-refractivity contribution in [2.24, 2.45) is 5.10 Å². The van der Waals surface area contributed by atoms with Crippen molar-refractivity contribution in [2.75, 3.05) is 5.43 Å². The molecule has 0 aliphatic carbocycles. The fourth-order valence-electron chi connectivity index (χ4n) is 2.39. The fourth-order valence-corrected chi connectivity index (χ4v) is 2.39. The molecule has 0 saturated heterocycles. The van der Waals surface area contributed by atoms with Gasteiger partial charge in [-0.05, 0) is 42.0 Å². The molecule has 1 aromatic heterocycles. The van der Waals surface area contributed by atoms with Gasteiger partial charge in [-0.25, -0.2) is 4.98 Å². The average molecular weight is 416 g/mol. The molecule has 0 spiro atoms. The van der Waals surface area contributed by atoms with E-state index < -0.39 is 16.7 Å². The molecule has 0 bridgehead atoms. The molecule has 0 amide bonds. The third-order valence-corrected chi connectivity index (χ3v) is 3.93. The molecule has 3 rings (SSSR count). The number of halogens is 3. The second-order valence-corrected chi connectivity index (χ2v) is 6.05. The standard InChI is InChI=1S/C20H15F3N4O3/c21-20(22,23)16-7-10-19(24-12-16)26-25-11-15-3-1-2-4-18(15)30-13-14-5-8-17(9-6-14)27(28)29/h1-12H,13H2,(H,24,26)/b25-11-. The van der Waals surface area contributed by atoms with E-state index in [1.807, 2.05) is 0 Å². The lowest BCUT2D eigenvalue weighted by molar-refractivity contribution is -0.384. The summed E-state index contributed by atoms with van der Waals surface area (Å²) >= 11 is 0. The summed E-state index contributed by atoms with van der Waals surface area (Å²) in [5.41, 5.74) is 3.08. The van der Waals surface area contributed by atoms with E-state index in [-0.39, 0.29) is 18.1 Å². The highest BCUT2D eigenvalue weighted by molar-refractivity contribution is 5.83. The number of ether oxygens (including phenoxy) is 1. The molecule has 0 unspecified atom stereocenters. The van der Waals surface area contributed by atoms with E-state index in [0.29, 0.717) is 11.3 Å². The summed E-state index contributed by atoms with van der Waals surface area (Å²) in [6, 6.07) is 15.1. The average Bonchev–Trinajstić information content (AvgIpc) is 2.73. The highest BCUT2D eigenvalue weighted by atomic mass is 19.4. The molecule has 1 heterocycles. The first-order chi connectivity index (χ1) is 14.3. The van der Waals surface area contributed by atoms with Crippen LogP contribution in [0.15, 0.2) is 72.0 Å². The highest BCUT2D eigenvalue weighted by Gasteiger charge is 2.30. The minimum absolute atomic E-state index is 0.00534. The first-order valence-corrected chi connectivity index (χ1v) is 8.60. The van der Waals surface area contributed by atoms with Crippen LogP contribution >= 0.6 is 0 Å². The number of para-hydroxylation sites is 1. The minimum atomic E-state index is -4.45. The summed E-state index contributed by atoms with van der Waals surface area (Å²) in [4.78, 5) is 13.9. The Kier molecular flexibility index (Phi) is 6.26. The van der Waals surface area contributed by atoms with Gasteiger partial charge in [-0.3, -0.25) is 15.5 Å². The van der Waals surface area contributed by atoms with Crippen molar-refractivity contribution in [1.29, 1.82) is 0 Å². The van der Waals surface area contributed by atoms with Crippen LogP contribution in [0.2, 0.25) is 0 Å². The number of nitrogens with one attached hydrogen (secondary N) is 1. The van der Waals surface area contributed by atoms with Gasteiger partial charge >= 0.3 is 6.18 Å². The van der Waals surface area contributed by atoms with Crippen molar-refractivity contribution in [2.45, 2.75) is 12.8 Å². The maximum Gasteiger partial charge on any atom is 0.417 e. The Morgan fingerprint density at radius 3 is 2.47 bits per heavy atom. The highest BCUT2D eigenvalue weighted by Crippen LogP contribution is 2.28. The van der Waals surface area contributed by atoms with Gasteiger partial charge in [0.2, 0.25) is 0 Å². The lowest BCUT2D eigenvalue weighted by Gasteiger charge is -2.09. The molecule has 154 valence electrons. The summed E-state index contributed by atoms with van der Waals surface area (Å²) in [6.07, 6.45) is -2.28. The van der Waals surface area contributed by atoms with Crippen LogP contribution in [0.5, 0.6) is 5.75 Å². The van der Waals surface area contributed by atoms with Crippen LogP contribution in [0.1, 0.15) is 16.7 Å². The molecular weight excluding hydrogens is 401 g/mol. The largest absolute Gasteiger partial charge is 0.488 e. The zero-order valence-corrected chi connectivity index (χ0v) is 15.3. The van der Waals surface area contributed by atoms with Gasteiger partial charge in [0, 0.05) is 23.9 Å². The number of nitro benzene ring substituents is 1. The molecule has 1 N–H and O–H groups in total. The number of aromatic nitrogens is 1. The number of non-ortho nitro benzene ring substituents is 1. The van der Waals surface area contributed by atoms with Gasteiger partial charge in [0.1, 0.15) is 18.2 Å². The monoisotopic (exact) mass is 416 g/mol. The fraction of sp³-hybridized carbons (Fsp3) is 0.100. The summed E-state index contributed by atoms with van der Waals surface area (Å²) in [7, 11) is 0. The molecule has 30 heavy (non-hydrogen) atoms. The minimum Gasteiger partial charge on any atom is -0.488 e. The van der Waals surface area contributed by atoms with Crippen molar-refractivity contribution < 1.29 is 22.8 Å². The van der Waals surface area contributed by atoms with E-state index in [0.717, 1.165) is 17.8 Å². The van der Waals surface area contributed by atoms with E-state index in [4.69, 9.17) is 4.74 Å². The Morgan fingerprint density at radius 1 is 1.10 bits per heavy atom. The Bertz CT molecular complexity index is 1040. The van der Waals surface area contributed by atoms with Crippen LogP contribution in [0.25, 0.3) is 0 Å². The predicted octanol–water partition coefficient (Wildman–Crippen LogP) is 5.03. The van der Waals surface area contributed by atoms with Crippen molar-refractivity contribution in [3.8, 4) is 5.75 Å². The van der Waals surface area contributed by atoms with Crippen LogP contribution in [-0.2, 0) is 12.8 Å². The molecule has 10 heteroatoms. The maximum absolute atomic E-state index is 12.6. The molecule has 0 aliphatic heterocycles. The van der Waals surface area contributed by atoms with Gasteiger partial charge < -0.3 is 4.74 Å². The number of hydrazone groups is 1. The van der Waals surface area contributed by atoms with Crippen LogP contribution in [0.3, 0.4) is 0 Å². The summed E-state index contributed by atoms with van der Waals surface area (Å²) in [6.45, 7) is 0.191. The smallest absolute Gasteiger partial charge is 0.417 e. The van der Waals surface area contributed by atoms with Gasteiger partial charge in [0.15, 0.2) is 0 Å². The number of benzene rings is 2. The van der Waals surface area contributed by atoms with Gasteiger partial charge in [-0.1, -0.05) is 12.1 Å². The van der Waals surface area contributed by atoms with Crippen LogP contribution < -0.4 is 10.2 Å². The Morgan fingerprint density at radius 2 is 1.83 bits per heavy atom. The van der Waals surface area contributed by atoms with Gasteiger partial charge in [-0.2, -0.15) is 18.3 Å². The van der Waals surface area contributed by atoms with Crippen LogP contribution in [0.4, 0.5) is 24.7 Å². The number of rotatable bonds is 7. The number of hydrogen-bond acceptors (Lipinski definition) is 6. The third kappa shape index (κ3) is 5.53. The normalized spacial score (nSPS) is 11.4. The molecule has 3 aromatic rings. The Hall–Kier alpha value is -3.95. The lowest BCUT2D eigenvalue weighted by Crippen LogP contribution is -2.05. The first kappa shape index (κ1) is 20.8. The van der Waals surface area contributed by atoms with Gasteiger partial charge in [0.05, 0.1) is 16.7 Å². The Balaban J connectivity index is 1.62. The number of hydrogen-bond donors (Lipinski definition) is 1. The van der Waals surface area contributed by atoms with E-state index in [1.165, 1.54) is 24.4 Å². The molecule has 7 nitrogen and oxygen atoms in total. The van der Waals surface area contributed by atoms with Crippen molar-refractivity contribution in [3.05, 3.63) is 93.7 Å². The van der Waals surface area contributed by atoms with Gasteiger partial charge in [-0.15, -0.1) is 0 Å². The molecule has 2 aromatic carbocycles. The zero-order chi connectivity index (χ0) is 21.6. The number of nitrogens with zero attached hydrogens (tertiary/aromatic N) is 3. The molecule has 0 fully saturated rings. The van der Waals surface area contributed by atoms with Crippen LogP contribution in [-0.4, -0.2) is 16.1 Å². The summed E-state index contributed by atoms with van der Waals surface area (Å²) in [5, 5.41) is 14.7. The summed E-state index contributed by atoms with van der Waals surface area (Å²) < 4.78 is 43.4. The van der Waals surface area contributed by atoms with Gasteiger partial charge in [0.25, 0.3) is 5.69 Å². The van der Waals surface area contributed by atoms with Crippen molar-refractivity contribution in [3.63, 3.8) is 0 Å². The molecule has 0 radical (unpaired) electrons. The molecular formula is C20H15F3N4O3. The van der Waals surface area contributed by atoms with Crippen LogP contribution in [0, 0.1) is 10.1 Å². The second-order valence-electron chi connectivity index (χ2n) is 6.05. The maximum atomic E-state index is 12.6. The number of pyridine rings is 1. The molecule has 0 aliphatic rings. The van der Waals surface area contributed by atoms with E-state index in [1.54, 1.807) is 36.4 Å². The van der Waals surface area contributed by atoms with E-state index in [2.05, 4.69) is 15.5 Å². The number of alkyl halides is 3. The summed E-state index contributed by atoms with van der Waals surface area (Å²) in [5.74, 6) is 0.672.